The molecule has 0 saturated heterocycles. The summed E-state index contributed by atoms with van der Waals surface area (Å²) in [5.41, 5.74) is 0.731. The average molecular weight is 395 g/mol. The smallest absolute Gasteiger partial charge is 0.265 e. The number of ether oxygens (including phenoxy) is 1. The number of hydrogen-bond acceptors (Lipinski definition) is 3. The van der Waals surface area contributed by atoms with Gasteiger partial charge in [-0.15, -0.1) is 0 Å². The van der Waals surface area contributed by atoms with E-state index in [-0.39, 0.29) is 11.7 Å². The molecule has 2 N–H and O–H groups in total. The molecule has 4 nitrogen and oxygen atoms in total. The van der Waals surface area contributed by atoms with Crippen molar-refractivity contribution in [2.24, 2.45) is 0 Å². The Kier molecular flexibility index (Phi) is 7.21. The molecule has 6 heteroatoms. The van der Waals surface area contributed by atoms with Crippen LogP contribution in [-0.4, -0.2) is 25.5 Å². The topological polar surface area (TPSA) is 50.4 Å². The fourth-order valence-electron chi connectivity index (χ4n) is 2.14. The van der Waals surface area contributed by atoms with Crippen LogP contribution < -0.4 is 15.4 Å². The third-order valence-electron chi connectivity index (χ3n) is 3.33. The van der Waals surface area contributed by atoms with Crippen LogP contribution in [0, 0.1) is 5.82 Å². The Morgan fingerprint density at radius 1 is 1.21 bits per heavy atom. The number of rotatable bonds is 8. The zero-order valence-corrected chi connectivity index (χ0v) is 15.0. The van der Waals surface area contributed by atoms with Crippen molar-refractivity contribution in [2.45, 2.75) is 13.0 Å². The molecule has 128 valence electrons. The van der Waals surface area contributed by atoms with E-state index in [0.717, 1.165) is 12.1 Å². The maximum atomic E-state index is 13.2. The second-order valence-electron chi connectivity index (χ2n) is 5.13. The van der Waals surface area contributed by atoms with Gasteiger partial charge in [-0.25, -0.2) is 4.39 Å². The highest BCUT2D eigenvalue weighted by Crippen LogP contribution is 2.30. The van der Waals surface area contributed by atoms with Gasteiger partial charge in [-0.05, 0) is 40.7 Å². The van der Waals surface area contributed by atoms with Crippen molar-refractivity contribution >= 4 is 21.8 Å². The van der Waals surface area contributed by atoms with Gasteiger partial charge in [0.2, 0.25) is 6.10 Å². The van der Waals surface area contributed by atoms with Gasteiger partial charge in [0.25, 0.3) is 5.91 Å². The minimum absolute atomic E-state index is 0.240. The average Bonchev–Trinajstić information content (AvgIpc) is 2.58. The van der Waals surface area contributed by atoms with Gasteiger partial charge in [0, 0.05) is 18.7 Å². The number of amides is 1. The summed E-state index contributed by atoms with van der Waals surface area (Å²) in [4.78, 5) is 12.5. The molecule has 0 bridgehead atoms. The quantitative estimate of drug-likeness (QED) is 0.674. The lowest BCUT2D eigenvalue weighted by Crippen LogP contribution is -2.36. The Labute approximate surface area is 149 Å². The van der Waals surface area contributed by atoms with Crippen molar-refractivity contribution in [3.8, 4) is 5.75 Å². The van der Waals surface area contributed by atoms with E-state index in [9.17, 15) is 9.18 Å². The van der Waals surface area contributed by atoms with Gasteiger partial charge in [0.05, 0.1) is 4.47 Å². The standard InChI is InChI=1S/C18H20BrFN2O2/c1-2-21-10-11-22-18(23)17(13-6-4-3-5-7-13)24-16-9-8-14(20)12-15(16)19/h3-9,12,17,21H,2,10-11H2,1H3,(H,22,23). The zero-order valence-electron chi connectivity index (χ0n) is 13.4. The first kappa shape index (κ1) is 18.4. The highest BCUT2D eigenvalue weighted by Gasteiger charge is 2.23. The second kappa shape index (κ2) is 9.39. The van der Waals surface area contributed by atoms with Crippen LogP contribution in [0.3, 0.4) is 0 Å². The van der Waals surface area contributed by atoms with Gasteiger partial charge in [-0.1, -0.05) is 37.3 Å². The third-order valence-corrected chi connectivity index (χ3v) is 3.95. The molecule has 24 heavy (non-hydrogen) atoms. The molecule has 0 aliphatic rings. The summed E-state index contributed by atoms with van der Waals surface area (Å²) in [6, 6.07) is 13.3. The maximum Gasteiger partial charge on any atom is 0.265 e. The van der Waals surface area contributed by atoms with Crippen LogP contribution in [0.1, 0.15) is 18.6 Å². The lowest BCUT2D eigenvalue weighted by atomic mass is 10.1. The number of nitrogens with one attached hydrogen (secondary N) is 2. The Bertz CT molecular complexity index is 667. The molecule has 0 aliphatic carbocycles. The van der Waals surface area contributed by atoms with E-state index in [0.29, 0.717) is 23.3 Å². The van der Waals surface area contributed by atoms with Crippen molar-refractivity contribution in [3.05, 3.63) is 64.4 Å². The van der Waals surface area contributed by atoms with Crippen LogP contribution in [-0.2, 0) is 4.79 Å². The van der Waals surface area contributed by atoms with Gasteiger partial charge < -0.3 is 15.4 Å². The molecular formula is C18H20BrFN2O2. The van der Waals surface area contributed by atoms with Crippen LogP contribution in [0.5, 0.6) is 5.75 Å². The molecule has 1 amide bonds. The molecule has 2 aromatic rings. The Morgan fingerprint density at radius 3 is 2.62 bits per heavy atom. The Morgan fingerprint density at radius 2 is 1.96 bits per heavy atom. The molecule has 0 heterocycles. The van der Waals surface area contributed by atoms with Crippen LogP contribution in [0.15, 0.2) is 53.0 Å². The maximum absolute atomic E-state index is 13.2. The lowest BCUT2D eigenvalue weighted by molar-refractivity contribution is -0.128. The molecule has 2 aromatic carbocycles. The van der Waals surface area contributed by atoms with E-state index in [4.69, 9.17) is 4.74 Å². The predicted molar refractivity (Wildman–Crippen MR) is 95.5 cm³/mol. The normalized spacial score (nSPS) is 11.8. The molecule has 1 atom stereocenters. The molecule has 0 radical (unpaired) electrons. The molecule has 0 saturated carbocycles. The largest absolute Gasteiger partial charge is 0.475 e. The second-order valence-corrected chi connectivity index (χ2v) is 5.98. The minimum Gasteiger partial charge on any atom is -0.475 e. The minimum atomic E-state index is -0.811. The molecule has 0 spiro atoms. The zero-order chi connectivity index (χ0) is 17.4. The van der Waals surface area contributed by atoms with E-state index in [1.807, 2.05) is 37.3 Å². The van der Waals surface area contributed by atoms with Crippen molar-refractivity contribution in [3.63, 3.8) is 0 Å². The highest BCUT2D eigenvalue weighted by molar-refractivity contribution is 9.10. The summed E-state index contributed by atoms with van der Waals surface area (Å²) < 4.78 is 19.6. The summed E-state index contributed by atoms with van der Waals surface area (Å²) in [7, 11) is 0. The van der Waals surface area contributed by atoms with Crippen LogP contribution in [0.2, 0.25) is 0 Å². The number of likely N-dealkylation sites (N-methyl/N-ethyl adjacent to an activating group) is 1. The summed E-state index contributed by atoms with van der Waals surface area (Å²) in [5, 5.41) is 5.99. The van der Waals surface area contributed by atoms with Crippen LogP contribution in [0.25, 0.3) is 0 Å². The molecule has 1 unspecified atom stereocenters. The van der Waals surface area contributed by atoms with E-state index in [1.54, 1.807) is 0 Å². The third kappa shape index (κ3) is 5.32. The number of halogens is 2. The van der Waals surface area contributed by atoms with Crippen molar-refractivity contribution < 1.29 is 13.9 Å². The fraction of sp³-hybridized carbons (Fsp3) is 0.278. The number of carbonyl (C=O) groups is 1. The number of benzene rings is 2. The summed E-state index contributed by atoms with van der Waals surface area (Å²) in [6.07, 6.45) is -0.811. The van der Waals surface area contributed by atoms with Crippen molar-refractivity contribution in [1.29, 1.82) is 0 Å². The van der Waals surface area contributed by atoms with Gasteiger partial charge in [-0.2, -0.15) is 0 Å². The van der Waals surface area contributed by atoms with E-state index in [1.165, 1.54) is 18.2 Å². The van der Waals surface area contributed by atoms with Crippen LogP contribution in [0.4, 0.5) is 4.39 Å². The van der Waals surface area contributed by atoms with E-state index >= 15 is 0 Å². The van der Waals surface area contributed by atoms with Crippen LogP contribution >= 0.6 is 15.9 Å². The van der Waals surface area contributed by atoms with E-state index < -0.39 is 6.10 Å². The van der Waals surface area contributed by atoms with Gasteiger partial charge in [-0.3, -0.25) is 4.79 Å². The lowest BCUT2D eigenvalue weighted by Gasteiger charge is -2.20. The van der Waals surface area contributed by atoms with Crippen molar-refractivity contribution in [1.82, 2.24) is 10.6 Å². The molecule has 0 fully saturated rings. The summed E-state index contributed by atoms with van der Waals surface area (Å²) in [5.74, 6) is -0.206. The number of carbonyl (C=O) groups excluding carboxylic acids is 1. The van der Waals surface area contributed by atoms with Gasteiger partial charge in [0.1, 0.15) is 11.6 Å². The highest BCUT2D eigenvalue weighted by atomic mass is 79.9. The molecule has 0 aromatic heterocycles. The van der Waals surface area contributed by atoms with Crippen molar-refractivity contribution in [2.75, 3.05) is 19.6 Å². The van der Waals surface area contributed by atoms with E-state index in [2.05, 4.69) is 26.6 Å². The molecular weight excluding hydrogens is 375 g/mol. The monoisotopic (exact) mass is 394 g/mol. The predicted octanol–water partition coefficient (Wildman–Crippen LogP) is 3.43. The summed E-state index contributed by atoms with van der Waals surface area (Å²) >= 11 is 3.26. The first-order valence-electron chi connectivity index (χ1n) is 7.77. The Balaban J connectivity index is 2.15. The SMILES string of the molecule is CCNCCNC(=O)C(Oc1ccc(F)cc1Br)c1ccccc1. The number of hydrogen-bond donors (Lipinski definition) is 2. The fourth-order valence-corrected chi connectivity index (χ4v) is 2.59. The molecule has 2 rings (SSSR count). The Hall–Kier alpha value is -1.92. The summed E-state index contributed by atoms with van der Waals surface area (Å²) in [6.45, 7) is 4.04. The first-order valence-corrected chi connectivity index (χ1v) is 8.56. The first-order chi connectivity index (χ1) is 11.6. The molecule has 0 aliphatic heterocycles. The van der Waals surface area contributed by atoms with Gasteiger partial charge >= 0.3 is 0 Å². The van der Waals surface area contributed by atoms with Gasteiger partial charge in [0.15, 0.2) is 0 Å².